The molecule has 0 unspecified atom stereocenters. The summed E-state index contributed by atoms with van der Waals surface area (Å²) in [6, 6.07) is 10.6. The second-order valence-corrected chi connectivity index (χ2v) is 7.54. The molecule has 1 heterocycles. The summed E-state index contributed by atoms with van der Waals surface area (Å²) in [5, 5.41) is 1.56. The maximum Gasteiger partial charge on any atom is 0.349 e. The van der Waals surface area contributed by atoms with Gasteiger partial charge in [-0.15, -0.1) is 23.7 Å². The molecule has 1 aromatic heterocycles. The van der Waals surface area contributed by atoms with Gasteiger partial charge in [0, 0.05) is 19.6 Å². The van der Waals surface area contributed by atoms with Crippen molar-refractivity contribution >= 4 is 39.7 Å². The number of rotatable bonds is 7. The van der Waals surface area contributed by atoms with E-state index in [-0.39, 0.29) is 41.8 Å². The highest BCUT2D eigenvalue weighted by Crippen LogP contribution is 2.26. The Morgan fingerprint density at radius 2 is 1.92 bits per heavy atom. The topological polar surface area (TPSA) is 89.7 Å². The predicted octanol–water partition coefficient (Wildman–Crippen LogP) is 2.11. The van der Waals surface area contributed by atoms with Crippen molar-refractivity contribution in [3.05, 3.63) is 52.2 Å². The van der Waals surface area contributed by atoms with Gasteiger partial charge in [-0.25, -0.2) is 13.2 Å². The Labute approximate surface area is 151 Å². The number of ether oxygens (including phenoxy) is 1. The molecule has 2 rings (SSSR count). The maximum atomic E-state index is 12.9. The quantitative estimate of drug-likeness (QED) is 0.731. The average molecular weight is 391 g/mol. The molecule has 0 spiro atoms. The van der Waals surface area contributed by atoms with Crippen LogP contribution < -0.4 is 5.73 Å². The Hall–Kier alpha value is -1.45. The average Bonchev–Trinajstić information content (AvgIpc) is 3.05. The molecule has 2 aromatic rings. The van der Waals surface area contributed by atoms with Gasteiger partial charge in [0.1, 0.15) is 9.77 Å². The van der Waals surface area contributed by atoms with Crippen LogP contribution in [0.4, 0.5) is 0 Å². The van der Waals surface area contributed by atoms with Crippen molar-refractivity contribution in [1.82, 2.24) is 4.31 Å². The van der Waals surface area contributed by atoms with Gasteiger partial charge in [0.2, 0.25) is 10.0 Å². The van der Waals surface area contributed by atoms with Crippen LogP contribution in [0.3, 0.4) is 0 Å². The third kappa shape index (κ3) is 4.55. The Balaban J connectivity index is 0.00000288. The summed E-state index contributed by atoms with van der Waals surface area (Å²) in [7, 11) is -2.62. The van der Waals surface area contributed by atoms with E-state index in [1.807, 2.05) is 30.3 Å². The van der Waals surface area contributed by atoms with Gasteiger partial charge < -0.3 is 10.5 Å². The first-order valence-electron chi connectivity index (χ1n) is 6.90. The first kappa shape index (κ1) is 20.6. The van der Waals surface area contributed by atoms with Crippen LogP contribution in [0.2, 0.25) is 0 Å². The minimum absolute atomic E-state index is 0. The number of carbonyl (C=O) groups is 1. The van der Waals surface area contributed by atoms with Crippen molar-refractivity contribution < 1.29 is 17.9 Å². The standard InChI is InChI=1S/C15H18N2O4S2.ClH/c1-21-15(18)14-13(7-10-22-14)23(19,20)17(9-8-16)11-12-5-3-2-4-6-12;/h2-7,10H,8-9,11,16H2,1H3;1H. The van der Waals surface area contributed by atoms with Gasteiger partial charge in [-0.1, -0.05) is 30.3 Å². The summed E-state index contributed by atoms with van der Waals surface area (Å²) in [6.07, 6.45) is 0. The highest BCUT2D eigenvalue weighted by molar-refractivity contribution is 7.89. The van der Waals surface area contributed by atoms with E-state index in [1.54, 1.807) is 5.38 Å². The summed E-state index contributed by atoms with van der Waals surface area (Å²) >= 11 is 1.04. The number of carbonyl (C=O) groups excluding carboxylic acids is 1. The molecule has 0 aliphatic heterocycles. The largest absolute Gasteiger partial charge is 0.465 e. The van der Waals surface area contributed by atoms with E-state index in [9.17, 15) is 13.2 Å². The van der Waals surface area contributed by atoms with Crippen LogP contribution in [0, 0.1) is 0 Å². The molecule has 132 valence electrons. The molecule has 6 nitrogen and oxygen atoms in total. The fourth-order valence-corrected chi connectivity index (χ4v) is 4.85. The van der Waals surface area contributed by atoms with E-state index in [0.717, 1.165) is 16.9 Å². The summed E-state index contributed by atoms with van der Waals surface area (Å²) in [5.41, 5.74) is 6.41. The van der Waals surface area contributed by atoms with Crippen LogP contribution in [0.15, 0.2) is 46.7 Å². The Bertz CT molecular complexity index is 763. The summed E-state index contributed by atoms with van der Waals surface area (Å²) in [4.78, 5) is 11.8. The predicted molar refractivity (Wildman–Crippen MR) is 96.0 cm³/mol. The van der Waals surface area contributed by atoms with Crippen molar-refractivity contribution in [2.45, 2.75) is 11.4 Å². The molecule has 2 N–H and O–H groups in total. The lowest BCUT2D eigenvalue weighted by Gasteiger charge is -2.21. The fourth-order valence-electron chi connectivity index (χ4n) is 2.10. The SMILES string of the molecule is COC(=O)c1sccc1S(=O)(=O)N(CCN)Cc1ccccc1.Cl. The van der Waals surface area contributed by atoms with E-state index in [2.05, 4.69) is 4.74 Å². The van der Waals surface area contributed by atoms with Crippen LogP contribution in [-0.2, 0) is 21.3 Å². The Morgan fingerprint density at radius 1 is 1.25 bits per heavy atom. The van der Waals surface area contributed by atoms with Gasteiger partial charge in [0.25, 0.3) is 0 Å². The van der Waals surface area contributed by atoms with Crippen molar-refractivity contribution in [3.8, 4) is 0 Å². The number of hydrogen-bond donors (Lipinski definition) is 1. The minimum atomic E-state index is -3.84. The number of nitrogens with zero attached hydrogens (tertiary/aromatic N) is 1. The number of esters is 1. The third-order valence-electron chi connectivity index (χ3n) is 3.20. The monoisotopic (exact) mass is 390 g/mol. The van der Waals surface area contributed by atoms with Gasteiger partial charge in [0.05, 0.1) is 7.11 Å². The van der Waals surface area contributed by atoms with Crippen molar-refractivity contribution in [2.75, 3.05) is 20.2 Å². The molecule has 0 bridgehead atoms. The zero-order valence-electron chi connectivity index (χ0n) is 13.0. The molecule has 0 amide bonds. The summed E-state index contributed by atoms with van der Waals surface area (Å²) in [5.74, 6) is -0.661. The van der Waals surface area contributed by atoms with Crippen molar-refractivity contribution in [1.29, 1.82) is 0 Å². The number of hydrogen-bond acceptors (Lipinski definition) is 6. The Morgan fingerprint density at radius 3 is 2.50 bits per heavy atom. The second kappa shape index (κ2) is 9.14. The first-order chi connectivity index (χ1) is 11.0. The van der Waals surface area contributed by atoms with Gasteiger partial charge >= 0.3 is 5.97 Å². The highest BCUT2D eigenvalue weighted by atomic mass is 35.5. The molecule has 0 fully saturated rings. The van der Waals surface area contributed by atoms with E-state index in [4.69, 9.17) is 5.73 Å². The maximum absolute atomic E-state index is 12.9. The van der Waals surface area contributed by atoms with Gasteiger partial charge in [-0.2, -0.15) is 4.31 Å². The van der Waals surface area contributed by atoms with Crippen LogP contribution in [-0.4, -0.2) is 38.9 Å². The molecule has 0 aliphatic carbocycles. The van der Waals surface area contributed by atoms with E-state index in [0.29, 0.717) is 0 Å². The molecule has 24 heavy (non-hydrogen) atoms. The number of thiophene rings is 1. The van der Waals surface area contributed by atoms with Crippen molar-refractivity contribution in [3.63, 3.8) is 0 Å². The van der Waals surface area contributed by atoms with Gasteiger partial charge in [-0.3, -0.25) is 0 Å². The normalized spacial score (nSPS) is 11.1. The van der Waals surface area contributed by atoms with Gasteiger partial charge in [-0.05, 0) is 17.0 Å². The molecule has 9 heteroatoms. The molecule has 1 aromatic carbocycles. The Kier molecular flexibility index (Phi) is 7.85. The molecular weight excluding hydrogens is 372 g/mol. The highest BCUT2D eigenvalue weighted by Gasteiger charge is 2.30. The lowest BCUT2D eigenvalue weighted by atomic mass is 10.2. The number of halogens is 1. The third-order valence-corrected chi connectivity index (χ3v) is 6.11. The minimum Gasteiger partial charge on any atom is -0.465 e. The van der Waals surface area contributed by atoms with Crippen LogP contribution in [0.1, 0.15) is 15.2 Å². The second-order valence-electron chi connectivity index (χ2n) is 4.72. The fraction of sp³-hybridized carbons (Fsp3) is 0.267. The lowest BCUT2D eigenvalue weighted by Crippen LogP contribution is -2.35. The van der Waals surface area contributed by atoms with Crippen LogP contribution in [0.5, 0.6) is 0 Å². The van der Waals surface area contributed by atoms with E-state index < -0.39 is 16.0 Å². The van der Waals surface area contributed by atoms with Crippen LogP contribution >= 0.6 is 23.7 Å². The molecule has 0 atom stereocenters. The zero-order valence-corrected chi connectivity index (χ0v) is 15.5. The number of nitrogens with two attached hydrogens (primary N) is 1. The smallest absolute Gasteiger partial charge is 0.349 e. The van der Waals surface area contributed by atoms with Gasteiger partial charge in [0.15, 0.2) is 0 Å². The zero-order chi connectivity index (χ0) is 16.9. The number of methoxy groups -OCH3 is 1. The number of benzene rings is 1. The molecule has 0 aliphatic rings. The van der Waals surface area contributed by atoms with E-state index in [1.165, 1.54) is 17.5 Å². The molecule has 0 radical (unpaired) electrons. The molecule has 0 saturated heterocycles. The molecule has 0 saturated carbocycles. The van der Waals surface area contributed by atoms with Crippen molar-refractivity contribution in [2.24, 2.45) is 5.73 Å². The first-order valence-corrected chi connectivity index (χ1v) is 9.22. The lowest BCUT2D eigenvalue weighted by molar-refractivity contribution is 0.0602. The number of sulfonamides is 1. The summed E-state index contributed by atoms with van der Waals surface area (Å²) < 4.78 is 31.7. The summed E-state index contributed by atoms with van der Waals surface area (Å²) in [6.45, 7) is 0.536. The molecular formula is C15H19ClN2O4S2. The van der Waals surface area contributed by atoms with Crippen LogP contribution in [0.25, 0.3) is 0 Å². The van der Waals surface area contributed by atoms with E-state index >= 15 is 0 Å².